The molecule has 12 heteroatoms. The van der Waals surface area contributed by atoms with Crippen LogP contribution in [0.2, 0.25) is 0 Å². The first kappa shape index (κ1) is 26.0. The second-order valence-corrected chi connectivity index (χ2v) is 12.0. The first-order valence-electron chi connectivity index (χ1n) is 8.95. The van der Waals surface area contributed by atoms with E-state index in [0.29, 0.717) is 0 Å². The largest absolute Gasteiger partial charge is 0.384 e. The molecule has 0 aliphatic carbocycles. The highest BCUT2D eigenvalue weighted by Gasteiger charge is 2.28. The molecule has 0 spiro atoms. The van der Waals surface area contributed by atoms with E-state index >= 15 is 0 Å². The molecule has 4 atom stereocenters. The van der Waals surface area contributed by atoms with Crippen LogP contribution in [0.25, 0.3) is 0 Å². The Morgan fingerprint density at radius 3 is 1.10 bits per heavy atom. The molecule has 2 heterocycles. The Morgan fingerprint density at radius 2 is 0.900 bits per heavy atom. The van der Waals surface area contributed by atoms with Gasteiger partial charge in [0.2, 0.25) is 0 Å². The van der Waals surface area contributed by atoms with Crippen LogP contribution in [0.4, 0.5) is 0 Å². The average Bonchev–Trinajstić information content (AvgIpc) is 2.66. The summed E-state index contributed by atoms with van der Waals surface area (Å²) < 4.78 is 44.8. The van der Waals surface area contributed by atoms with Crippen LogP contribution in [0.1, 0.15) is 48.8 Å². The Balaban J connectivity index is 0.000000300. The Kier molecular flexibility index (Phi) is 8.96. The second kappa shape index (κ2) is 10.3. The Hall–Kier alpha value is -2.02. The lowest BCUT2D eigenvalue weighted by molar-refractivity contribution is 0.166. The summed E-state index contributed by atoms with van der Waals surface area (Å²) in [4.78, 5) is 15.5. The lowest BCUT2D eigenvalue weighted by atomic mass is 10.2. The molecule has 0 aromatic carbocycles. The standard InChI is InChI=1S/2C9H14N2O3S/c2*1-6-4-10-9(11-5-6)8(12)7(2)15(3,13)14/h2*4-5,7-8,12H,1-3H3/t2*7-,8+/m10/s1. The highest BCUT2D eigenvalue weighted by molar-refractivity contribution is 7.91. The number of aryl methyl sites for hydroxylation is 2. The number of hydrogen-bond donors (Lipinski definition) is 2. The molecule has 0 fully saturated rings. The van der Waals surface area contributed by atoms with Gasteiger partial charge in [-0.15, -0.1) is 0 Å². The molecule has 0 saturated carbocycles. The van der Waals surface area contributed by atoms with Crippen LogP contribution in [0.5, 0.6) is 0 Å². The predicted molar refractivity (Wildman–Crippen MR) is 112 cm³/mol. The lowest BCUT2D eigenvalue weighted by Crippen LogP contribution is -2.25. The molecular weight excluding hydrogens is 432 g/mol. The van der Waals surface area contributed by atoms with E-state index in [9.17, 15) is 27.0 Å². The van der Waals surface area contributed by atoms with E-state index in [2.05, 4.69) is 19.9 Å². The van der Waals surface area contributed by atoms with E-state index in [0.717, 1.165) is 23.6 Å². The Bertz CT molecular complexity index is 940. The predicted octanol–water partition coefficient (Wildman–Crippen LogP) is 0.503. The normalized spacial score (nSPS) is 16.0. The van der Waals surface area contributed by atoms with E-state index in [1.807, 2.05) is 13.8 Å². The third-order valence-electron chi connectivity index (χ3n) is 4.37. The molecule has 0 amide bonds. The van der Waals surface area contributed by atoms with Gasteiger partial charge in [0.15, 0.2) is 31.3 Å². The molecule has 0 bridgehead atoms. The minimum Gasteiger partial charge on any atom is -0.384 e. The monoisotopic (exact) mass is 460 g/mol. The summed E-state index contributed by atoms with van der Waals surface area (Å²) in [6, 6.07) is 0. The van der Waals surface area contributed by atoms with Gasteiger partial charge in [0.25, 0.3) is 0 Å². The fourth-order valence-electron chi connectivity index (χ4n) is 2.00. The Morgan fingerprint density at radius 1 is 0.667 bits per heavy atom. The number of nitrogens with zero attached hydrogens (tertiary/aromatic N) is 4. The third-order valence-corrected chi connectivity index (χ3v) is 7.59. The van der Waals surface area contributed by atoms with Crippen molar-refractivity contribution < 1.29 is 27.0 Å². The van der Waals surface area contributed by atoms with Crippen molar-refractivity contribution in [3.05, 3.63) is 47.6 Å². The summed E-state index contributed by atoms with van der Waals surface area (Å²) in [5.41, 5.74) is 1.72. The number of rotatable bonds is 6. The smallest absolute Gasteiger partial charge is 0.158 e. The van der Waals surface area contributed by atoms with Crippen LogP contribution >= 0.6 is 0 Å². The molecule has 0 unspecified atom stereocenters. The van der Waals surface area contributed by atoms with Crippen molar-refractivity contribution in [3.8, 4) is 0 Å². The fourth-order valence-corrected chi connectivity index (χ4v) is 3.18. The van der Waals surface area contributed by atoms with Crippen molar-refractivity contribution in [2.75, 3.05) is 12.5 Å². The summed E-state index contributed by atoms with van der Waals surface area (Å²) >= 11 is 0. The molecule has 10 nitrogen and oxygen atoms in total. The van der Waals surface area contributed by atoms with Gasteiger partial charge in [0.1, 0.15) is 12.2 Å². The van der Waals surface area contributed by atoms with Gasteiger partial charge in [-0.25, -0.2) is 36.8 Å². The number of sulfone groups is 2. The molecule has 0 aliphatic heterocycles. The minimum absolute atomic E-state index is 0.138. The number of aromatic nitrogens is 4. The van der Waals surface area contributed by atoms with Gasteiger partial charge in [0, 0.05) is 37.3 Å². The van der Waals surface area contributed by atoms with Gasteiger partial charge < -0.3 is 10.2 Å². The fraction of sp³-hybridized carbons (Fsp3) is 0.556. The van der Waals surface area contributed by atoms with E-state index in [1.54, 1.807) is 24.8 Å². The number of aliphatic hydroxyl groups excluding tert-OH is 2. The summed E-state index contributed by atoms with van der Waals surface area (Å²) in [7, 11) is -6.58. The SMILES string of the molecule is Cc1cnc([C@@H](O)[C@@H](C)S(C)(=O)=O)nc1.Cc1cnc([C@H](O)[C@H](C)S(C)(=O)=O)nc1. The zero-order valence-corrected chi connectivity index (χ0v) is 19.4. The maximum absolute atomic E-state index is 11.2. The number of aliphatic hydroxyl groups is 2. The first-order chi connectivity index (χ1) is 13.6. The van der Waals surface area contributed by atoms with Crippen LogP contribution < -0.4 is 0 Å². The maximum Gasteiger partial charge on any atom is 0.158 e. The third kappa shape index (κ3) is 7.67. The van der Waals surface area contributed by atoms with E-state index in [-0.39, 0.29) is 11.6 Å². The highest BCUT2D eigenvalue weighted by atomic mass is 32.2. The molecule has 0 radical (unpaired) electrons. The number of hydrogen-bond acceptors (Lipinski definition) is 10. The summed E-state index contributed by atoms with van der Waals surface area (Å²) in [5.74, 6) is 0.275. The Labute approximate surface area is 177 Å². The molecule has 0 saturated heterocycles. The molecule has 2 N–H and O–H groups in total. The van der Waals surface area contributed by atoms with Gasteiger partial charge in [-0.3, -0.25) is 0 Å². The summed E-state index contributed by atoms with van der Waals surface area (Å²) in [6.45, 7) is 6.50. The van der Waals surface area contributed by atoms with E-state index < -0.39 is 42.4 Å². The second-order valence-electron chi connectivity index (χ2n) is 7.20. The maximum atomic E-state index is 11.2. The topological polar surface area (TPSA) is 160 Å². The summed E-state index contributed by atoms with van der Waals surface area (Å²) in [6.07, 6.45) is 5.97. The molecular formula is C18H28N4O6S2. The molecule has 0 aliphatic rings. The van der Waals surface area contributed by atoms with Crippen LogP contribution in [0, 0.1) is 13.8 Å². The quantitative estimate of drug-likeness (QED) is 0.621. The molecule has 2 aromatic rings. The molecule has 2 aromatic heterocycles. The first-order valence-corrected chi connectivity index (χ1v) is 12.9. The van der Waals surface area contributed by atoms with Crippen LogP contribution in [0.3, 0.4) is 0 Å². The van der Waals surface area contributed by atoms with Gasteiger partial charge in [-0.05, 0) is 38.8 Å². The van der Waals surface area contributed by atoms with E-state index in [4.69, 9.17) is 0 Å². The van der Waals surface area contributed by atoms with Crippen molar-refractivity contribution in [2.45, 2.75) is 50.4 Å². The van der Waals surface area contributed by atoms with Gasteiger partial charge >= 0.3 is 0 Å². The average molecular weight is 461 g/mol. The molecule has 168 valence electrons. The summed E-state index contributed by atoms with van der Waals surface area (Å²) in [5, 5.41) is 17.6. The van der Waals surface area contributed by atoms with Gasteiger partial charge in [-0.2, -0.15) is 0 Å². The van der Waals surface area contributed by atoms with Crippen LogP contribution in [0.15, 0.2) is 24.8 Å². The van der Waals surface area contributed by atoms with Gasteiger partial charge in [-0.1, -0.05) is 0 Å². The van der Waals surface area contributed by atoms with Crippen molar-refractivity contribution >= 4 is 19.7 Å². The minimum atomic E-state index is -3.29. The highest BCUT2D eigenvalue weighted by Crippen LogP contribution is 2.18. The molecule has 30 heavy (non-hydrogen) atoms. The van der Waals surface area contributed by atoms with Crippen molar-refractivity contribution in [3.63, 3.8) is 0 Å². The van der Waals surface area contributed by atoms with Crippen molar-refractivity contribution in [1.82, 2.24) is 19.9 Å². The van der Waals surface area contributed by atoms with E-state index in [1.165, 1.54) is 13.8 Å². The van der Waals surface area contributed by atoms with Gasteiger partial charge in [0.05, 0.1) is 10.5 Å². The van der Waals surface area contributed by atoms with Crippen molar-refractivity contribution in [2.24, 2.45) is 0 Å². The van der Waals surface area contributed by atoms with Crippen molar-refractivity contribution in [1.29, 1.82) is 0 Å². The zero-order valence-electron chi connectivity index (χ0n) is 17.8. The van der Waals surface area contributed by atoms with Crippen LogP contribution in [-0.2, 0) is 19.7 Å². The lowest BCUT2D eigenvalue weighted by Gasteiger charge is -2.15. The van der Waals surface area contributed by atoms with Crippen LogP contribution in [-0.4, -0.2) is 70.0 Å². The molecule has 2 rings (SSSR count). The zero-order chi connectivity index (χ0) is 23.3.